The van der Waals surface area contributed by atoms with Crippen LogP contribution in [0.25, 0.3) is 10.6 Å². The van der Waals surface area contributed by atoms with Crippen molar-refractivity contribution in [2.24, 2.45) is 11.3 Å². The summed E-state index contributed by atoms with van der Waals surface area (Å²) in [5.74, 6) is 0.0136. The number of aromatic nitrogens is 2. The van der Waals surface area contributed by atoms with Crippen LogP contribution in [0, 0.1) is 11.3 Å². The van der Waals surface area contributed by atoms with Crippen LogP contribution in [0.3, 0.4) is 0 Å². The van der Waals surface area contributed by atoms with Crippen LogP contribution in [0.5, 0.6) is 0 Å². The normalized spacial score (nSPS) is 15.7. The summed E-state index contributed by atoms with van der Waals surface area (Å²) < 4.78 is 0. The number of likely N-dealkylation sites (tertiary alicyclic amines) is 1. The number of carbonyl (C=O) groups excluding carboxylic acids is 2. The van der Waals surface area contributed by atoms with Gasteiger partial charge in [0.2, 0.25) is 16.9 Å². The zero-order valence-corrected chi connectivity index (χ0v) is 16.2. The molecule has 7 heteroatoms. The van der Waals surface area contributed by atoms with Gasteiger partial charge in [0.15, 0.2) is 0 Å². The van der Waals surface area contributed by atoms with E-state index in [4.69, 9.17) is 0 Å². The van der Waals surface area contributed by atoms with Crippen molar-refractivity contribution in [3.8, 4) is 10.6 Å². The van der Waals surface area contributed by atoms with Gasteiger partial charge >= 0.3 is 0 Å². The van der Waals surface area contributed by atoms with Gasteiger partial charge in [-0.15, -0.1) is 10.2 Å². The fraction of sp³-hybridized carbons (Fsp3) is 0.474. The Morgan fingerprint density at radius 2 is 1.77 bits per heavy atom. The molecule has 1 aliphatic heterocycles. The molecule has 0 saturated carbocycles. The second-order valence-electron chi connectivity index (χ2n) is 7.58. The average molecular weight is 372 g/mol. The summed E-state index contributed by atoms with van der Waals surface area (Å²) in [4.78, 5) is 26.7. The number of nitrogens with one attached hydrogen (secondary N) is 1. The van der Waals surface area contributed by atoms with E-state index in [9.17, 15) is 9.59 Å². The largest absolute Gasteiger partial charge is 0.342 e. The molecule has 1 N–H and O–H groups in total. The van der Waals surface area contributed by atoms with Gasteiger partial charge in [-0.25, -0.2) is 0 Å². The smallest absolute Gasteiger partial charge is 0.229 e. The predicted molar refractivity (Wildman–Crippen MR) is 103 cm³/mol. The molecule has 1 aromatic carbocycles. The van der Waals surface area contributed by atoms with Crippen LogP contribution < -0.4 is 5.32 Å². The maximum Gasteiger partial charge on any atom is 0.229 e. The Kier molecular flexibility index (Phi) is 5.36. The highest BCUT2D eigenvalue weighted by Crippen LogP contribution is 2.28. The lowest BCUT2D eigenvalue weighted by Gasteiger charge is -2.35. The maximum absolute atomic E-state index is 12.5. The van der Waals surface area contributed by atoms with E-state index >= 15 is 0 Å². The van der Waals surface area contributed by atoms with E-state index in [2.05, 4.69) is 15.5 Å². The van der Waals surface area contributed by atoms with Gasteiger partial charge < -0.3 is 10.2 Å². The summed E-state index contributed by atoms with van der Waals surface area (Å²) in [6.45, 7) is 7.02. The first-order chi connectivity index (χ1) is 12.3. The molecule has 138 valence electrons. The van der Waals surface area contributed by atoms with Gasteiger partial charge in [0, 0.05) is 30.0 Å². The van der Waals surface area contributed by atoms with Crippen molar-refractivity contribution in [2.45, 2.75) is 33.6 Å². The monoisotopic (exact) mass is 372 g/mol. The highest BCUT2D eigenvalue weighted by atomic mass is 32.1. The van der Waals surface area contributed by atoms with Gasteiger partial charge in [0.1, 0.15) is 5.01 Å². The van der Waals surface area contributed by atoms with Gasteiger partial charge in [0.25, 0.3) is 0 Å². The number of benzene rings is 1. The predicted octanol–water partition coefficient (Wildman–Crippen LogP) is 3.43. The van der Waals surface area contributed by atoms with Crippen molar-refractivity contribution in [1.29, 1.82) is 0 Å². The quantitative estimate of drug-likeness (QED) is 0.896. The SMILES string of the molecule is CC(C)(C)C(=O)N1CCC(C(=O)Nc2nnc(-c3ccccc3)s2)CC1. The second kappa shape index (κ2) is 7.53. The molecule has 1 saturated heterocycles. The van der Waals surface area contributed by atoms with Crippen molar-refractivity contribution in [3.05, 3.63) is 30.3 Å². The van der Waals surface area contributed by atoms with Crippen molar-refractivity contribution in [1.82, 2.24) is 15.1 Å². The zero-order chi connectivity index (χ0) is 18.7. The Labute approximate surface area is 157 Å². The van der Waals surface area contributed by atoms with E-state index in [-0.39, 0.29) is 23.1 Å². The van der Waals surface area contributed by atoms with Crippen LogP contribution in [-0.4, -0.2) is 40.0 Å². The number of rotatable bonds is 3. The van der Waals surface area contributed by atoms with E-state index in [1.165, 1.54) is 11.3 Å². The van der Waals surface area contributed by atoms with E-state index < -0.39 is 0 Å². The number of amides is 2. The molecule has 0 bridgehead atoms. The topological polar surface area (TPSA) is 75.2 Å². The van der Waals surface area contributed by atoms with Gasteiger partial charge in [-0.3, -0.25) is 9.59 Å². The number of nitrogens with zero attached hydrogens (tertiary/aromatic N) is 3. The fourth-order valence-corrected chi connectivity index (χ4v) is 3.75. The highest BCUT2D eigenvalue weighted by molar-refractivity contribution is 7.18. The minimum absolute atomic E-state index is 0.0383. The molecule has 0 atom stereocenters. The lowest BCUT2D eigenvalue weighted by atomic mass is 9.91. The molecule has 2 amide bonds. The number of hydrogen-bond donors (Lipinski definition) is 1. The van der Waals surface area contributed by atoms with Crippen LogP contribution in [-0.2, 0) is 9.59 Å². The van der Waals surface area contributed by atoms with Gasteiger partial charge in [-0.1, -0.05) is 62.4 Å². The van der Waals surface area contributed by atoms with E-state index in [0.717, 1.165) is 10.6 Å². The van der Waals surface area contributed by atoms with Gasteiger partial charge in [0.05, 0.1) is 0 Å². The number of anilines is 1. The molecule has 1 fully saturated rings. The average Bonchev–Trinajstić information content (AvgIpc) is 3.09. The Hall–Kier alpha value is -2.28. The molecule has 1 aromatic heterocycles. The molecule has 0 spiro atoms. The summed E-state index contributed by atoms with van der Waals surface area (Å²) in [5, 5.41) is 12.4. The van der Waals surface area contributed by atoms with Crippen molar-refractivity contribution in [2.75, 3.05) is 18.4 Å². The van der Waals surface area contributed by atoms with Crippen LogP contribution in [0.2, 0.25) is 0 Å². The Balaban J connectivity index is 1.55. The molecule has 0 radical (unpaired) electrons. The van der Waals surface area contributed by atoms with E-state index in [0.29, 0.717) is 31.1 Å². The Morgan fingerprint density at radius 1 is 1.12 bits per heavy atom. The summed E-state index contributed by atoms with van der Waals surface area (Å²) in [5.41, 5.74) is 0.606. The zero-order valence-electron chi connectivity index (χ0n) is 15.4. The van der Waals surface area contributed by atoms with Crippen LogP contribution in [0.4, 0.5) is 5.13 Å². The minimum Gasteiger partial charge on any atom is -0.342 e. The molecule has 3 rings (SSSR count). The summed E-state index contributed by atoms with van der Waals surface area (Å²) in [6.07, 6.45) is 1.36. The molecule has 26 heavy (non-hydrogen) atoms. The molecular weight excluding hydrogens is 348 g/mol. The third-order valence-corrected chi connectivity index (χ3v) is 5.36. The second-order valence-corrected chi connectivity index (χ2v) is 8.56. The molecular formula is C19H24N4O2S. The lowest BCUT2D eigenvalue weighted by molar-refractivity contribution is -0.142. The van der Waals surface area contributed by atoms with Crippen molar-refractivity contribution < 1.29 is 9.59 Å². The molecule has 0 aliphatic carbocycles. The van der Waals surface area contributed by atoms with Gasteiger partial charge in [-0.05, 0) is 12.8 Å². The standard InChI is InChI=1S/C19H24N4O2S/c1-19(2,3)17(25)23-11-9-13(10-12-23)15(24)20-18-22-21-16(26-18)14-7-5-4-6-8-14/h4-8,13H,9-12H2,1-3H3,(H,20,22,24). The number of hydrogen-bond acceptors (Lipinski definition) is 5. The molecule has 1 aliphatic rings. The number of carbonyl (C=O) groups is 2. The molecule has 6 nitrogen and oxygen atoms in total. The first kappa shape index (κ1) is 18.5. The van der Waals surface area contributed by atoms with Crippen molar-refractivity contribution >= 4 is 28.3 Å². The van der Waals surface area contributed by atoms with Gasteiger partial charge in [-0.2, -0.15) is 0 Å². The summed E-state index contributed by atoms with van der Waals surface area (Å²) in [6, 6.07) is 9.77. The van der Waals surface area contributed by atoms with Crippen LogP contribution >= 0.6 is 11.3 Å². The fourth-order valence-electron chi connectivity index (χ4n) is 3.00. The third-order valence-electron chi connectivity index (χ3n) is 4.47. The first-order valence-corrected chi connectivity index (χ1v) is 9.65. The lowest BCUT2D eigenvalue weighted by Crippen LogP contribution is -2.45. The molecule has 2 heterocycles. The van der Waals surface area contributed by atoms with E-state index in [1.807, 2.05) is 56.0 Å². The Morgan fingerprint density at radius 3 is 2.38 bits per heavy atom. The Bertz CT molecular complexity index is 774. The third kappa shape index (κ3) is 4.27. The summed E-state index contributed by atoms with van der Waals surface area (Å²) >= 11 is 1.37. The van der Waals surface area contributed by atoms with Crippen LogP contribution in [0.15, 0.2) is 30.3 Å². The minimum atomic E-state index is -0.379. The number of piperidine rings is 1. The van der Waals surface area contributed by atoms with Crippen LogP contribution in [0.1, 0.15) is 33.6 Å². The first-order valence-electron chi connectivity index (χ1n) is 8.84. The summed E-state index contributed by atoms with van der Waals surface area (Å²) in [7, 11) is 0. The van der Waals surface area contributed by atoms with Crippen molar-refractivity contribution in [3.63, 3.8) is 0 Å². The molecule has 0 unspecified atom stereocenters. The molecule has 2 aromatic rings. The van der Waals surface area contributed by atoms with E-state index in [1.54, 1.807) is 0 Å². The maximum atomic E-state index is 12.5. The highest BCUT2D eigenvalue weighted by Gasteiger charge is 2.32.